The van der Waals surface area contributed by atoms with Gasteiger partial charge in [-0.15, -0.1) is 0 Å². The molecule has 5 heteroatoms. The number of amides is 1. The predicted octanol–water partition coefficient (Wildman–Crippen LogP) is 0.608. The quantitative estimate of drug-likeness (QED) is 0.770. The lowest BCUT2D eigenvalue weighted by atomic mass is 9.95. The fourth-order valence-electron chi connectivity index (χ4n) is 2.93. The van der Waals surface area contributed by atoms with E-state index >= 15 is 0 Å². The van der Waals surface area contributed by atoms with E-state index in [4.69, 9.17) is 0 Å². The topological polar surface area (TPSA) is 41.4 Å². The highest BCUT2D eigenvalue weighted by Crippen LogP contribution is 2.25. The summed E-state index contributed by atoms with van der Waals surface area (Å²) < 4.78 is 1.96. The van der Waals surface area contributed by atoms with Gasteiger partial charge in [-0.3, -0.25) is 9.48 Å². The summed E-state index contributed by atoms with van der Waals surface area (Å²) in [6.45, 7) is 3.68. The summed E-state index contributed by atoms with van der Waals surface area (Å²) in [4.78, 5) is 16.6. The molecule has 1 aromatic heterocycles. The molecule has 1 unspecified atom stereocenters. The summed E-state index contributed by atoms with van der Waals surface area (Å²) in [6.07, 6.45) is 5.96. The normalized spacial score (nSPS) is 26.1. The van der Waals surface area contributed by atoms with Gasteiger partial charge in [0.25, 0.3) is 0 Å². The van der Waals surface area contributed by atoms with E-state index < -0.39 is 0 Å². The van der Waals surface area contributed by atoms with E-state index in [-0.39, 0.29) is 5.92 Å². The highest BCUT2D eigenvalue weighted by molar-refractivity contribution is 5.80. The molecule has 1 amide bonds. The van der Waals surface area contributed by atoms with Gasteiger partial charge in [0.15, 0.2) is 0 Å². The van der Waals surface area contributed by atoms with Gasteiger partial charge in [0.05, 0.1) is 12.0 Å². The minimum atomic E-state index is 0.210. The van der Waals surface area contributed by atoms with Crippen LogP contribution in [-0.4, -0.2) is 58.7 Å². The van der Waals surface area contributed by atoms with Crippen molar-refractivity contribution in [3.8, 4) is 0 Å². The van der Waals surface area contributed by atoms with Crippen molar-refractivity contribution >= 4 is 5.91 Å². The molecule has 0 spiro atoms. The Bertz CT molecular complexity index is 411. The number of rotatable bonds is 2. The van der Waals surface area contributed by atoms with Crippen LogP contribution in [0.4, 0.5) is 0 Å². The van der Waals surface area contributed by atoms with Crippen molar-refractivity contribution in [1.29, 1.82) is 0 Å². The number of piperidine rings is 1. The van der Waals surface area contributed by atoms with Crippen molar-refractivity contribution in [2.45, 2.75) is 18.9 Å². The van der Waals surface area contributed by atoms with Crippen LogP contribution in [0.25, 0.3) is 0 Å². The Balaban J connectivity index is 1.53. The van der Waals surface area contributed by atoms with Gasteiger partial charge in [0.2, 0.25) is 5.91 Å². The van der Waals surface area contributed by atoms with Crippen LogP contribution in [-0.2, 0) is 4.79 Å². The van der Waals surface area contributed by atoms with Crippen molar-refractivity contribution in [2.24, 2.45) is 5.92 Å². The molecule has 3 heterocycles. The molecule has 0 bridgehead atoms. The molecule has 2 aliphatic heterocycles. The van der Waals surface area contributed by atoms with Crippen LogP contribution in [0.1, 0.15) is 18.9 Å². The van der Waals surface area contributed by atoms with E-state index in [0.717, 1.165) is 39.0 Å². The van der Waals surface area contributed by atoms with E-state index in [1.165, 1.54) is 0 Å². The molecule has 0 radical (unpaired) electrons. The zero-order valence-corrected chi connectivity index (χ0v) is 10.8. The Hall–Kier alpha value is -1.36. The van der Waals surface area contributed by atoms with Gasteiger partial charge in [0.1, 0.15) is 0 Å². The van der Waals surface area contributed by atoms with Crippen molar-refractivity contribution in [1.82, 2.24) is 19.6 Å². The molecule has 1 atom stereocenters. The lowest BCUT2D eigenvalue weighted by Crippen LogP contribution is -2.54. The van der Waals surface area contributed by atoms with Crippen molar-refractivity contribution in [2.75, 3.05) is 33.2 Å². The number of aromatic nitrogens is 2. The average molecular weight is 248 g/mol. The lowest BCUT2D eigenvalue weighted by molar-refractivity contribution is -0.143. The maximum absolute atomic E-state index is 12.3. The fourth-order valence-corrected chi connectivity index (χ4v) is 2.93. The third-order valence-corrected chi connectivity index (χ3v) is 4.05. The number of hydrogen-bond donors (Lipinski definition) is 0. The lowest BCUT2D eigenvalue weighted by Gasteiger charge is -2.42. The average Bonchev–Trinajstić information content (AvgIpc) is 2.80. The number of likely N-dealkylation sites (tertiary alicyclic amines) is 2. The predicted molar refractivity (Wildman–Crippen MR) is 68.1 cm³/mol. The van der Waals surface area contributed by atoms with Gasteiger partial charge in [-0.2, -0.15) is 5.10 Å². The van der Waals surface area contributed by atoms with Crippen molar-refractivity contribution < 1.29 is 4.79 Å². The molecule has 0 aliphatic carbocycles. The molecule has 2 fully saturated rings. The first-order valence-electron chi connectivity index (χ1n) is 6.70. The summed E-state index contributed by atoms with van der Waals surface area (Å²) in [5.41, 5.74) is 0. The molecule has 18 heavy (non-hydrogen) atoms. The van der Waals surface area contributed by atoms with E-state index in [0.29, 0.717) is 11.9 Å². The molecule has 0 N–H and O–H groups in total. The first kappa shape index (κ1) is 11.7. The minimum Gasteiger partial charge on any atom is -0.338 e. The van der Waals surface area contributed by atoms with Crippen molar-refractivity contribution in [3.05, 3.63) is 18.5 Å². The van der Waals surface area contributed by atoms with Crippen LogP contribution in [0.3, 0.4) is 0 Å². The van der Waals surface area contributed by atoms with E-state index in [1.807, 2.05) is 21.8 Å². The smallest absolute Gasteiger partial charge is 0.227 e. The van der Waals surface area contributed by atoms with Gasteiger partial charge < -0.3 is 9.80 Å². The third kappa shape index (κ3) is 2.14. The Kier molecular flexibility index (Phi) is 3.07. The Morgan fingerprint density at radius 2 is 2.17 bits per heavy atom. The van der Waals surface area contributed by atoms with Gasteiger partial charge >= 0.3 is 0 Å². The molecule has 0 saturated carbocycles. The second kappa shape index (κ2) is 4.72. The van der Waals surface area contributed by atoms with E-state index in [9.17, 15) is 4.79 Å². The van der Waals surface area contributed by atoms with Crippen LogP contribution in [0, 0.1) is 5.92 Å². The molecule has 5 nitrogen and oxygen atoms in total. The highest BCUT2D eigenvalue weighted by Gasteiger charge is 2.36. The van der Waals surface area contributed by atoms with E-state index in [2.05, 4.69) is 17.0 Å². The summed E-state index contributed by atoms with van der Waals surface area (Å²) >= 11 is 0. The zero-order chi connectivity index (χ0) is 12.5. The van der Waals surface area contributed by atoms with Crippen LogP contribution in [0.5, 0.6) is 0 Å². The van der Waals surface area contributed by atoms with Gasteiger partial charge in [0, 0.05) is 32.0 Å². The molecular weight excluding hydrogens is 228 g/mol. The Labute approximate surface area is 107 Å². The summed E-state index contributed by atoms with van der Waals surface area (Å²) in [7, 11) is 2.10. The zero-order valence-electron chi connectivity index (χ0n) is 10.8. The molecule has 2 saturated heterocycles. The maximum atomic E-state index is 12.3. The Morgan fingerprint density at radius 3 is 2.83 bits per heavy atom. The minimum absolute atomic E-state index is 0.210. The molecule has 0 aromatic carbocycles. The second-order valence-electron chi connectivity index (χ2n) is 5.48. The second-order valence-corrected chi connectivity index (χ2v) is 5.48. The highest BCUT2D eigenvalue weighted by atomic mass is 16.2. The van der Waals surface area contributed by atoms with E-state index in [1.54, 1.807) is 6.20 Å². The summed E-state index contributed by atoms with van der Waals surface area (Å²) in [5.74, 6) is 0.548. The van der Waals surface area contributed by atoms with Crippen LogP contribution < -0.4 is 0 Å². The molecule has 3 rings (SSSR count). The van der Waals surface area contributed by atoms with Gasteiger partial charge in [-0.25, -0.2) is 0 Å². The number of carbonyl (C=O) groups excluding carboxylic acids is 1. The monoisotopic (exact) mass is 248 g/mol. The molecular formula is C13H20N4O. The van der Waals surface area contributed by atoms with Crippen LogP contribution >= 0.6 is 0 Å². The number of nitrogens with zero attached hydrogens (tertiary/aromatic N) is 4. The summed E-state index contributed by atoms with van der Waals surface area (Å²) in [5, 5.41) is 4.23. The third-order valence-electron chi connectivity index (χ3n) is 4.05. The van der Waals surface area contributed by atoms with Crippen LogP contribution in [0.2, 0.25) is 0 Å². The molecule has 1 aromatic rings. The van der Waals surface area contributed by atoms with Crippen molar-refractivity contribution in [3.63, 3.8) is 0 Å². The standard InChI is InChI=1S/C13H20N4O/c1-15-6-2-4-11(8-15)13(18)16-9-12(10-16)17-7-3-5-14-17/h3,5,7,11-12H,2,4,6,8-10H2,1H3. The largest absolute Gasteiger partial charge is 0.338 e. The number of carbonyl (C=O) groups is 1. The Morgan fingerprint density at radius 1 is 1.33 bits per heavy atom. The molecule has 98 valence electrons. The van der Waals surface area contributed by atoms with Crippen LogP contribution in [0.15, 0.2) is 18.5 Å². The van der Waals surface area contributed by atoms with Gasteiger partial charge in [-0.1, -0.05) is 0 Å². The number of hydrogen-bond acceptors (Lipinski definition) is 3. The SMILES string of the molecule is CN1CCCC(C(=O)N2CC(n3cccn3)C2)C1. The maximum Gasteiger partial charge on any atom is 0.227 e. The first-order valence-corrected chi connectivity index (χ1v) is 6.70. The molecule has 2 aliphatic rings. The van der Waals surface area contributed by atoms with Gasteiger partial charge in [-0.05, 0) is 32.5 Å². The summed E-state index contributed by atoms with van der Waals surface area (Å²) in [6, 6.07) is 2.31. The first-order chi connectivity index (χ1) is 8.74. The fraction of sp³-hybridized carbons (Fsp3) is 0.692.